The van der Waals surface area contributed by atoms with Crippen molar-refractivity contribution >= 4 is 0 Å². The monoisotopic (exact) mass is 211 g/mol. The first-order valence-electron chi connectivity index (χ1n) is 5.77. The number of hydrogen-bond donors (Lipinski definition) is 1. The molecular formula is C12H21NO2. The van der Waals surface area contributed by atoms with Crippen LogP contribution in [0.1, 0.15) is 25.7 Å². The van der Waals surface area contributed by atoms with E-state index in [1.807, 2.05) is 19.0 Å². The predicted molar refractivity (Wildman–Crippen MR) is 59.5 cm³/mol. The van der Waals surface area contributed by atoms with Gasteiger partial charge in [-0.15, -0.1) is 0 Å². The summed E-state index contributed by atoms with van der Waals surface area (Å²) in [5.74, 6) is 0. The molecule has 2 aliphatic rings. The van der Waals surface area contributed by atoms with Crippen molar-refractivity contribution in [3.05, 3.63) is 11.8 Å². The molecule has 0 aromatic rings. The molecular weight excluding hydrogens is 190 g/mol. The molecule has 1 aliphatic heterocycles. The lowest BCUT2D eigenvalue weighted by Gasteiger charge is -2.36. The van der Waals surface area contributed by atoms with Gasteiger partial charge in [-0.1, -0.05) is 0 Å². The summed E-state index contributed by atoms with van der Waals surface area (Å²) < 4.78 is 5.38. The molecule has 3 nitrogen and oxygen atoms in total. The Labute approximate surface area is 91.7 Å². The van der Waals surface area contributed by atoms with E-state index in [0.29, 0.717) is 0 Å². The fourth-order valence-corrected chi connectivity index (χ4v) is 2.83. The Morgan fingerprint density at radius 2 is 2.00 bits per heavy atom. The fraction of sp³-hybridized carbons (Fsp3) is 0.833. The van der Waals surface area contributed by atoms with E-state index in [0.717, 1.165) is 38.9 Å². The van der Waals surface area contributed by atoms with Crippen LogP contribution in [-0.4, -0.2) is 43.4 Å². The molecule has 1 saturated carbocycles. The van der Waals surface area contributed by atoms with Gasteiger partial charge in [0, 0.05) is 38.9 Å². The van der Waals surface area contributed by atoms with E-state index < -0.39 is 0 Å². The highest BCUT2D eigenvalue weighted by Crippen LogP contribution is 2.48. The lowest BCUT2D eigenvalue weighted by Crippen LogP contribution is -2.36. The molecule has 0 aromatic carbocycles. The third-order valence-corrected chi connectivity index (χ3v) is 3.76. The second-order valence-electron chi connectivity index (χ2n) is 5.04. The second-order valence-corrected chi connectivity index (χ2v) is 5.04. The number of rotatable bonds is 1. The van der Waals surface area contributed by atoms with Crippen LogP contribution in [0.15, 0.2) is 11.8 Å². The van der Waals surface area contributed by atoms with Crippen LogP contribution in [0, 0.1) is 5.41 Å². The van der Waals surface area contributed by atoms with E-state index >= 15 is 0 Å². The average Bonchev–Trinajstić information content (AvgIpc) is 2.48. The van der Waals surface area contributed by atoms with Crippen LogP contribution in [0.5, 0.6) is 0 Å². The summed E-state index contributed by atoms with van der Waals surface area (Å²) in [5, 5.41) is 10.4. The fourth-order valence-electron chi connectivity index (χ4n) is 2.83. The lowest BCUT2D eigenvalue weighted by atomic mass is 9.76. The number of aliphatic hydroxyl groups is 1. The molecule has 1 aliphatic carbocycles. The van der Waals surface area contributed by atoms with Crippen LogP contribution in [0.3, 0.4) is 0 Å². The Kier molecular flexibility index (Phi) is 3.03. The van der Waals surface area contributed by atoms with E-state index in [9.17, 15) is 5.11 Å². The molecule has 1 atom stereocenters. The highest BCUT2D eigenvalue weighted by Gasteiger charge is 2.45. The van der Waals surface area contributed by atoms with Gasteiger partial charge in [0.15, 0.2) is 0 Å². The molecule has 3 heteroatoms. The summed E-state index contributed by atoms with van der Waals surface area (Å²) in [6, 6.07) is 0. The van der Waals surface area contributed by atoms with Crippen molar-refractivity contribution in [2.75, 3.05) is 27.3 Å². The molecule has 0 amide bonds. The van der Waals surface area contributed by atoms with E-state index in [1.165, 1.54) is 5.57 Å². The zero-order chi connectivity index (χ0) is 10.9. The van der Waals surface area contributed by atoms with Gasteiger partial charge in [-0.3, -0.25) is 0 Å². The Morgan fingerprint density at radius 1 is 1.33 bits per heavy atom. The number of aliphatic hydroxyl groups excluding tert-OH is 1. The number of nitrogens with zero attached hydrogens (tertiary/aromatic N) is 1. The van der Waals surface area contributed by atoms with E-state index in [1.54, 1.807) is 0 Å². The summed E-state index contributed by atoms with van der Waals surface area (Å²) in [6.45, 7) is 1.62. The van der Waals surface area contributed by atoms with Crippen LogP contribution in [-0.2, 0) is 4.74 Å². The van der Waals surface area contributed by atoms with Crippen molar-refractivity contribution in [2.24, 2.45) is 5.41 Å². The summed E-state index contributed by atoms with van der Waals surface area (Å²) in [6.07, 6.45) is 6.02. The van der Waals surface area contributed by atoms with Gasteiger partial charge in [-0.2, -0.15) is 0 Å². The third kappa shape index (κ3) is 2.04. The van der Waals surface area contributed by atoms with Crippen LogP contribution in [0.25, 0.3) is 0 Å². The topological polar surface area (TPSA) is 32.7 Å². The zero-order valence-electron chi connectivity index (χ0n) is 9.70. The minimum atomic E-state index is -0.246. The summed E-state index contributed by atoms with van der Waals surface area (Å²) in [7, 11) is 4.02. The maximum atomic E-state index is 10.4. The van der Waals surface area contributed by atoms with Gasteiger partial charge < -0.3 is 14.7 Å². The Balaban J connectivity index is 2.11. The Morgan fingerprint density at radius 3 is 2.60 bits per heavy atom. The van der Waals surface area contributed by atoms with Crippen LogP contribution < -0.4 is 0 Å². The highest BCUT2D eigenvalue weighted by molar-refractivity contribution is 5.19. The van der Waals surface area contributed by atoms with Gasteiger partial charge in [0.25, 0.3) is 0 Å². The average molecular weight is 211 g/mol. The number of ether oxygens (including phenoxy) is 1. The largest absolute Gasteiger partial charge is 0.388 e. The van der Waals surface area contributed by atoms with Crippen LogP contribution in [0.2, 0.25) is 0 Å². The maximum absolute atomic E-state index is 10.4. The molecule has 0 aromatic heterocycles. The number of hydrogen-bond acceptors (Lipinski definition) is 3. The molecule has 0 radical (unpaired) electrons. The van der Waals surface area contributed by atoms with Crippen molar-refractivity contribution in [3.8, 4) is 0 Å². The highest BCUT2D eigenvalue weighted by atomic mass is 16.5. The molecule has 1 unspecified atom stereocenters. The molecule has 1 spiro atoms. The Hall–Kier alpha value is -0.540. The smallest absolute Gasteiger partial charge is 0.0824 e. The van der Waals surface area contributed by atoms with Crippen molar-refractivity contribution in [3.63, 3.8) is 0 Å². The van der Waals surface area contributed by atoms with E-state index in [4.69, 9.17) is 4.74 Å². The first kappa shape index (κ1) is 11.0. The molecule has 86 valence electrons. The molecule has 2 fully saturated rings. The molecule has 15 heavy (non-hydrogen) atoms. The zero-order valence-corrected chi connectivity index (χ0v) is 9.70. The minimum absolute atomic E-state index is 0.125. The summed E-state index contributed by atoms with van der Waals surface area (Å²) in [5.41, 5.74) is 1.32. The molecule has 1 heterocycles. The summed E-state index contributed by atoms with van der Waals surface area (Å²) in [4.78, 5) is 2.02. The van der Waals surface area contributed by atoms with Crippen molar-refractivity contribution < 1.29 is 9.84 Å². The SMILES string of the molecule is CN(C)/C=C1\CCC2(CCOCC2)C1O. The van der Waals surface area contributed by atoms with E-state index in [-0.39, 0.29) is 11.5 Å². The van der Waals surface area contributed by atoms with Crippen LogP contribution in [0.4, 0.5) is 0 Å². The maximum Gasteiger partial charge on any atom is 0.0824 e. The normalized spacial score (nSPS) is 32.5. The first-order chi connectivity index (χ1) is 7.14. The molecule has 2 rings (SSSR count). The minimum Gasteiger partial charge on any atom is -0.388 e. The van der Waals surface area contributed by atoms with Gasteiger partial charge in [-0.25, -0.2) is 0 Å². The van der Waals surface area contributed by atoms with Crippen LogP contribution >= 0.6 is 0 Å². The molecule has 1 N–H and O–H groups in total. The summed E-state index contributed by atoms with van der Waals surface area (Å²) >= 11 is 0. The first-order valence-corrected chi connectivity index (χ1v) is 5.77. The molecule has 1 saturated heterocycles. The van der Waals surface area contributed by atoms with Crippen molar-refractivity contribution in [1.82, 2.24) is 4.90 Å². The lowest BCUT2D eigenvalue weighted by molar-refractivity contribution is -0.0352. The van der Waals surface area contributed by atoms with Gasteiger partial charge in [0.2, 0.25) is 0 Å². The predicted octanol–water partition coefficient (Wildman–Crippen LogP) is 1.38. The van der Waals surface area contributed by atoms with Gasteiger partial charge >= 0.3 is 0 Å². The van der Waals surface area contributed by atoms with Gasteiger partial charge in [0.05, 0.1) is 6.10 Å². The third-order valence-electron chi connectivity index (χ3n) is 3.76. The van der Waals surface area contributed by atoms with Crippen molar-refractivity contribution in [1.29, 1.82) is 0 Å². The molecule has 0 bridgehead atoms. The quantitative estimate of drug-likeness (QED) is 0.711. The van der Waals surface area contributed by atoms with Crippen molar-refractivity contribution in [2.45, 2.75) is 31.8 Å². The second kappa shape index (κ2) is 4.14. The Bertz CT molecular complexity index is 254. The standard InChI is InChI=1S/C12H21NO2/c1-13(2)9-10-3-4-12(11(10)14)5-7-15-8-6-12/h9,11,14H,3-8H2,1-2H3/b10-9+. The van der Waals surface area contributed by atoms with E-state index in [2.05, 4.69) is 6.20 Å². The van der Waals surface area contributed by atoms with Gasteiger partial charge in [0.1, 0.15) is 0 Å². The van der Waals surface area contributed by atoms with Gasteiger partial charge in [-0.05, 0) is 31.3 Å².